The van der Waals surface area contributed by atoms with Crippen LogP contribution in [-0.4, -0.2) is 44.8 Å². The Kier molecular flexibility index (Phi) is 6.63. The smallest absolute Gasteiger partial charge is 0.179 e. The first kappa shape index (κ1) is 17.7. The third-order valence-corrected chi connectivity index (χ3v) is 4.44. The van der Waals surface area contributed by atoms with Crippen LogP contribution in [0.3, 0.4) is 0 Å². The summed E-state index contributed by atoms with van der Waals surface area (Å²) < 4.78 is 11.2. The second-order valence-electron chi connectivity index (χ2n) is 5.90. The first-order valence-electron chi connectivity index (χ1n) is 7.71. The van der Waals surface area contributed by atoms with Gasteiger partial charge in [-0.15, -0.1) is 12.4 Å². The van der Waals surface area contributed by atoms with Crippen molar-refractivity contribution in [1.29, 1.82) is 0 Å². The number of halogens is 2. The highest BCUT2D eigenvalue weighted by molar-refractivity contribution is 6.32. The molecule has 2 aliphatic heterocycles. The Hall–Kier alpha value is -0.680. The van der Waals surface area contributed by atoms with Gasteiger partial charge < -0.3 is 14.8 Å². The van der Waals surface area contributed by atoms with Crippen LogP contribution < -0.4 is 14.8 Å². The van der Waals surface area contributed by atoms with Crippen molar-refractivity contribution in [1.82, 2.24) is 10.2 Å². The second kappa shape index (κ2) is 8.25. The molecule has 0 saturated carbocycles. The van der Waals surface area contributed by atoms with Crippen molar-refractivity contribution < 1.29 is 9.47 Å². The molecule has 1 saturated heterocycles. The van der Waals surface area contributed by atoms with Crippen LogP contribution in [0.1, 0.15) is 18.4 Å². The second-order valence-corrected chi connectivity index (χ2v) is 6.31. The van der Waals surface area contributed by atoms with E-state index in [9.17, 15) is 0 Å². The molecule has 0 radical (unpaired) electrons. The van der Waals surface area contributed by atoms with Crippen LogP contribution in [-0.2, 0) is 6.54 Å². The van der Waals surface area contributed by atoms with Gasteiger partial charge in [0.2, 0.25) is 0 Å². The molecule has 1 fully saturated rings. The highest BCUT2D eigenvalue weighted by Crippen LogP contribution is 2.38. The first-order valence-corrected chi connectivity index (χ1v) is 8.09. The number of nitrogens with one attached hydrogen (secondary N) is 1. The van der Waals surface area contributed by atoms with Crippen molar-refractivity contribution in [3.8, 4) is 11.5 Å². The van der Waals surface area contributed by atoms with Crippen molar-refractivity contribution in [3.63, 3.8) is 0 Å². The number of rotatable bonds is 4. The van der Waals surface area contributed by atoms with E-state index in [4.69, 9.17) is 21.1 Å². The Bertz CT molecular complexity index is 497. The zero-order valence-electron chi connectivity index (χ0n) is 12.9. The minimum absolute atomic E-state index is 0. The number of ether oxygens (including phenoxy) is 2. The number of fused-ring (bicyclic) bond motifs is 1. The zero-order chi connectivity index (χ0) is 14.7. The highest BCUT2D eigenvalue weighted by atomic mass is 35.5. The van der Waals surface area contributed by atoms with E-state index < -0.39 is 0 Å². The van der Waals surface area contributed by atoms with E-state index >= 15 is 0 Å². The quantitative estimate of drug-likeness (QED) is 0.908. The van der Waals surface area contributed by atoms with Gasteiger partial charge in [-0.1, -0.05) is 11.6 Å². The highest BCUT2D eigenvalue weighted by Gasteiger charge is 2.21. The zero-order valence-corrected chi connectivity index (χ0v) is 14.5. The maximum absolute atomic E-state index is 6.31. The van der Waals surface area contributed by atoms with Gasteiger partial charge in [0.15, 0.2) is 11.5 Å². The van der Waals surface area contributed by atoms with Gasteiger partial charge in [-0.3, -0.25) is 4.90 Å². The molecule has 0 amide bonds. The summed E-state index contributed by atoms with van der Waals surface area (Å²) in [5.41, 5.74) is 1.20. The molecule has 1 atom stereocenters. The van der Waals surface area contributed by atoms with E-state index in [2.05, 4.69) is 16.3 Å². The molecule has 0 bridgehead atoms. The topological polar surface area (TPSA) is 33.7 Å². The summed E-state index contributed by atoms with van der Waals surface area (Å²) in [7, 11) is 2.03. The Morgan fingerprint density at radius 3 is 2.95 bits per heavy atom. The van der Waals surface area contributed by atoms with Gasteiger partial charge in [0.25, 0.3) is 0 Å². The van der Waals surface area contributed by atoms with Crippen molar-refractivity contribution in [2.24, 2.45) is 5.92 Å². The van der Waals surface area contributed by atoms with E-state index in [1.807, 2.05) is 13.1 Å². The number of hydrogen-bond donors (Lipinski definition) is 1. The fraction of sp³-hybridized carbons (Fsp3) is 0.625. The monoisotopic (exact) mass is 346 g/mol. The third kappa shape index (κ3) is 4.19. The van der Waals surface area contributed by atoms with Crippen LogP contribution in [0.4, 0.5) is 0 Å². The molecule has 3 rings (SSSR count). The fourth-order valence-corrected chi connectivity index (χ4v) is 3.55. The van der Waals surface area contributed by atoms with E-state index in [1.54, 1.807) is 0 Å². The van der Waals surface area contributed by atoms with E-state index in [0.29, 0.717) is 24.0 Å². The molecule has 1 N–H and O–H groups in total. The molecule has 0 aliphatic carbocycles. The number of hydrogen-bond acceptors (Lipinski definition) is 4. The SMILES string of the molecule is CNCC1CCCN(Cc2cc(Cl)c3c(c2)OCCO3)C1.Cl. The van der Waals surface area contributed by atoms with Gasteiger partial charge in [-0.2, -0.15) is 0 Å². The predicted octanol–water partition coefficient (Wildman–Crippen LogP) is 2.96. The van der Waals surface area contributed by atoms with Crippen molar-refractivity contribution in [2.75, 3.05) is 39.9 Å². The Morgan fingerprint density at radius 2 is 2.14 bits per heavy atom. The lowest BCUT2D eigenvalue weighted by Crippen LogP contribution is -2.38. The number of nitrogens with zero attached hydrogens (tertiary/aromatic N) is 1. The standard InChI is InChI=1S/C16H23ClN2O2.ClH/c1-18-9-12-3-2-4-19(10-12)11-13-7-14(17)16-15(8-13)20-5-6-21-16;/h7-8,12,18H,2-6,9-11H2,1H3;1H. The summed E-state index contributed by atoms with van der Waals surface area (Å²) in [6, 6.07) is 4.08. The molecule has 0 aromatic heterocycles. The molecule has 1 aromatic rings. The van der Waals surface area contributed by atoms with Gasteiger partial charge in [0.05, 0.1) is 5.02 Å². The Morgan fingerprint density at radius 1 is 1.32 bits per heavy atom. The average Bonchev–Trinajstić information content (AvgIpc) is 2.48. The Balaban J connectivity index is 0.00000176. The summed E-state index contributed by atoms with van der Waals surface area (Å²) >= 11 is 6.31. The maximum atomic E-state index is 6.31. The number of benzene rings is 1. The van der Waals surface area contributed by atoms with Crippen molar-refractivity contribution in [3.05, 3.63) is 22.7 Å². The van der Waals surface area contributed by atoms with Crippen LogP contribution >= 0.6 is 24.0 Å². The van der Waals surface area contributed by atoms with Gasteiger partial charge in [0.1, 0.15) is 13.2 Å². The van der Waals surface area contributed by atoms with Gasteiger partial charge in [-0.05, 0) is 56.6 Å². The summed E-state index contributed by atoms with van der Waals surface area (Å²) in [5.74, 6) is 2.22. The van der Waals surface area contributed by atoms with Crippen molar-refractivity contribution in [2.45, 2.75) is 19.4 Å². The molecule has 0 spiro atoms. The van der Waals surface area contributed by atoms with Gasteiger partial charge in [-0.25, -0.2) is 0 Å². The fourth-order valence-electron chi connectivity index (χ4n) is 3.26. The molecule has 6 heteroatoms. The lowest BCUT2D eigenvalue weighted by molar-refractivity contribution is 0.163. The summed E-state index contributed by atoms with van der Waals surface area (Å²) in [5, 5.41) is 3.95. The molecule has 1 aromatic carbocycles. The lowest BCUT2D eigenvalue weighted by Gasteiger charge is -2.33. The molecule has 4 nitrogen and oxygen atoms in total. The molecular weight excluding hydrogens is 323 g/mol. The van der Waals surface area contributed by atoms with Gasteiger partial charge >= 0.3 is 0 Å². The molecule has 1 unspecified atom stereocenters. The minimum atomic E-state index is 0. The molecule has 2 heterocycles. The van der Waals surface area contributed by atoms with E-state index in [0.717, 1.165) is 37.8 Å². The largest absolute Gasteiger partial charge is 0.486 e. The summed E-state index contributed by atoms with van der Waals surface area (Å²) in [6.45, 7) is 5.50. The van der Waals surface area contributed by atoms with E-state index in [1.165, 1.54) is 18.4 Å². The lowest BCUT2D eigenvalue weighted by atomic mass is 9.97. The number of piperidine rings is 1. The normalized spacial score (nSPS) is 21.3. The predicted molar refractivity (Wildman–Crippen MR) is 91.6 cm³/mol. The van der Waals surface area contributed by atoms with Crippen molar-refractivity contribution >= 4 is 24.0 Å². The van der Waals surface area contributed by atoms with Gasteiger partial charge in [0, 0.05) is 13.1 Å². The average molecular weight is 347 g/mol. The third-order valence-electron chi connectivity index (χ3n) is 4.16. The van der Waals surface area contributed by atoms with Crippen LogP contribution in [0.5, 0.6) is 11.5 Å². The molecule has 22 heavy (non-hydrogen) atoms. The molecular formula is C16H24Cl2N2O2. The number of likely N-dealkylation sites (tertiary alicyclic amines) is 1. The molecule has 2 aliphatic rings. The maximum Gasteiger partial charge on any atom is 0.179 e. The summed E-state index contributed by atoms with van der Waals surface area (Å²) in [4.78, 5) is 2.51. The van der Waals surface area contributed by atoms with E-state index in [-0.39, 0.29) is 12.4 Å². The molecule has 124 valence electrons. The summed E-state index contributed by atoms with van der Waals surface area (Å²) in [6.07, 6.45) is 2.59. The van der Waals surface area contributed by atoms with Crippen LogP contribution in [0.15, 0.2) is 12.1 Å². The van der Waals surface area contributed by atoms with Crippen LogP contribution in [0, 0.1) is 5.92 Å². The minimum Gasteiger partial charge on any atom is -0.486 e. The first-order chi connectivity index (χ1) is 10.3. The van der Waals surface area contributed by atoms with Crippen LogP contribution in [0.25, 0.3) is 0 Å². The Labute approximate surface area is 143 Å². The van der Waals surface area contributed by atoms with Crippen LogP contribution in [0.2, 0.25) is 5.02 Å².